The van der Waals surface area contributed by atoms with Crippen LogP contribution in [0.4, 0.5) is 0 Å². The van der Waals surface area contributed by atoms with E-state index in [2.05, 4.69) is 16.7 Å². The van der Waals surface area contributed by atoms with Crippen LogP contribution in [0.25, 0.3) is 0 Å². The van der Waals surface area contributed by atoms with E-state index in [1.165, 1.54) is 63.7 Å². The van der Waals surface area contributed by atoms with Crippen molar-refractivity contribution < 1.29 is 0 Å². The van der Waals surface area contributed by atoms with Crippen LogP contribution in [0.5, 0.6) is 0 Å². The summed E-state index contributed by atoms with van der Waals surface area (Å²) in [5.41, 5.74) is 0. The molecule has 2 unspecified atom stereocenters. The van der Waals surface area contributed by atoms with Crippen molar-refractivity contribution in [1.82, 2.24) is 4.90 Å². The van der Waals surface area contributed by atoms with Gasteiger partial charge in [-0.2, -0.15) is 0 Å². The molecule has 0 radical (unpaired) electrons. The monoisotopic (exact) mass is 225 g/mol. The number of thioether (sulfide) groups is 1. The van der Waals surface area contributed by atoms with Crippen LogP contribution in [-0.2, 0) is 0 Å². The number of hydrogen-bond donors (Lipinski definition) is 0. The van der Waals surface area contributed by atoms with E-state index >= 15 is 0 Å². The molecular weight excluding hydrogens is 202 g/mol. The fourth-order valence-electron chi connectivity index (χ4n) is 3.72. The van der Waals surface area contributed by atoms with Gasteiger partial charge < -0.3 is 0 Å². The number of rotatable bonds is 1. The van der Waals surface area contributed by atoms with Gasteiger partial charge in [0, 0.05) is 23.2 Å². The van der Waals surface area contributed by atoms with Crippen molar-refractivity contribution in [3.05, 3.63) is 0 Å². The van der Waals surface area contributed by atoms with Crippen LogP contribution in [0.2, 0.25) is 0 Å². The van der Waals surface area contributed by atoms with E-state index in [0.717, 1.165) is 17.3 Å². The quantitative estimate of drug-likeness (QED) is 0.670. The molecule has 3 aliphatic rings. The van der Waals surface area contributed by atoms with Gasteiger partial charge in [-0.1, -0.05) is 32.1 Å². The van der Waals surface area contributed by atoms with Crippen molar-refractivity contribution in [3.8, 4) is 0 Å². The zero-order chi connectivity index (χ0) is 10.1. The summed E-state index contributed by atoms with van der Waals surface area (Å²) in [7, 11) is 0. The van der Waals surface area contributed by atoms with Crippen molar-refractivity contribution in [3.63, 3.8) is 0 Å². The predicted molar refractivity (Wildman–Crippen MR) is 67.2 cm³/mol. The Morgan fingerprint density at radius 3 is 2.40 bits per heavy atom. The van der Waals surface area contributed by atoms with Crippen molar-refractivity contribution in [2.24, 2.45) is 0 Å². The van der Waals surface area contributed by atoms with Crippen LogP contribution in [0.15, 0.2) is 0 Å². The first-order valence-corrected chi connectivity index (χ1v) is 7.87. The van der Waals surface area contributed by atoms with Gasteiger partial charge in [-0.25, -0.2) is 0 Å². The highest BCUT2D eigenvalue weighted by molar-refractivity contribution is 8.00. The molecule has 1 nitrogen and oxygen atoms in total. The van der Waals surface area contributed by atoms with Gasteiger partial charge in [-0.05, 0) is 25.7 Å². The molecule has 0 aromatic rings. The lowest BCUT2D eigenvalue weighted by Crippen LogP contribution is -2.44. The fraction of sp³-hybridized carbons (Fsp3) is 1.00. The minimum absolute atomic E-state index is 0.958. The highest BCUT2D eigenvalue weighted by Crippen LogP contribution is 2.41. The van der Waals surface area contributed by atoms with E-state index in [1.807, 2.05) is 0 Å². The minimum Gasteiger partial charge on any atom is -0.287 e. The molecule has 1 saturated heterocycles. The van der Waals surface area contributed by atoms with Crippen LogP contribution >= 0.6 is 11.8 Å². The normalized spacial score (nSPS) is 39.2. The number of nitrogens with zero attached hydrogens (tertiary/aromatic N) is 1. The van der Waals surface area contributed by atoms with Crippen molar-refractivity contribution in [2.75, 3.05) is 5.88 Å². The molecule has 0 amide bonds. The molecule has 3 rings (SSSR count). The zero-order valence-electron chi connectivity index (χ0n) is 9.66. The fourth-order valence-corrected chi connectivity index (χ4v) is 5.33. The highest BCUT2D eigenvalue weighted by Gasteiger charge is 2.39. The molecule has 15 heavy (non-hydrogen) atoms. The van der Waals surface area contributed by atoms with Crippen LogP contribution in [0, 0.1) is 0 Å². The maximum absolute atomic E-state index is 2.88. The van der Waals surface area contributed by atoms with E-state index in [9.17, 15) is 0 Å². The van der Waals surface area contributed by atoms with Gasteiger partial charge in [0.25, 0.3) is 0 Å². The Bertz CT molecular complexity index is 213. The van der Waals surface area contributed by atoms with Gasteiger partial charge in [0.2, 0.25) is 0 Å². The van der Waals surface area contributed by atoms with Crippen molar-refractivity contribution in [2.45, 2.75) is 75.1 Å². The van der Waals surface area contributed by atoms with Crippen molar-refractivity contribution >= 4 is 11.8 Å². The number of fused-ring (bicyclic) bond motifs is 1. The van der Waals surface area contributed by atoms with E-state index in [1.54, 1.807) is 0 Å². The Labute approximate surface area is 98.0 Å². The van der Waals surface area contributed by atoms with Gasteiger partial charge in [-0.15, -0.1) is 11.8 Å². The molecule has 1 heterocycles. The zero-order valence-corrected chi connectivity index (χ0v) is 10.5. The van der Waals surface area contributed by atoms with E-state index in [4.69, 9.17) is 0 Å². The maximum Gasteiger partial charge on any atom is 0.0453 e. The second-order valence-corrected chi connectivity index (χ2v) is 6.69. The molecule has 0 aromatic carbocycles. The summed E-state index contributed by atoms with van der Waals surface area (Å²) < 4.78 is 0. The Morgan fingerprint density at radius 2 is 1.53 bits per heavy atom. The molecule has 0 bridgehead atoms. The molecule has 1 aliphatic heterocycles. The molecule has 0 N–H and O–H groups in total. The van der Waals surface area contributed by atoms with Gasteiger partial charge in [0.05, 0.1) is 0 Å². The molecular formula is C13H23NS. The SMILES string of the molecule is C1CCC(N2CSC3CCCCC32)CC1. The second-order valence-electron chi connectivity index (χ2n) is 5.49. The van der Waals surface area contributed by atoms with Crippen LogP contribution in [0.3, 0.4) is 0 Å². The maximum atomic E-state index is 2.88. The summed E-state index contributed by atoms with van der Waals surface area (Å²) in [5, 5.41) is 1.00. The van der Waals surface area contributed by atoms with Gasteiger partial charge in [0.1, 0.15) is 0 Å². The third kappa shape index (κ3) is 2.08. The molecule has 2 saturated carbocycles. The van der Waals surface area contributed by atoms with Gasteiger partial charge in [0.15, 0.2) is 0 Å². The lowest BCUT2D eigenvalue weighted by atomic mass is 9.89. The Kier molecular flexibility index (Phi) is 3.25. The lowest BCUT2D eigenvalue weighted by molar-refractivity contribution is 0.121. The molecule has 2 atom stereocenters. The third-order valence-electron chi connectivity index (χ3n) is 4.58. The summed E-state index contributed by atoms with van der Waals surface area (Å²) in [6, 6.07) is 1.92. The topological polar surface area (TPSA) is 3.24 Å². The summed E-state index contributed by atoms with van der Waals surface area (Å²) in [5.74, 6) is 1.35. The third-order valence-corrected chi connectivity index (χ3v) is 6.00. The largest absolute Gasteiger partial charge is 0.287 e. The number of hydrogen-bond acceptors (Lipinski definition) is 2. The molecule has 3 fully saturated rings. The highest BCUT2D eigenvalue weighted by atomic mass is 32.2. The lowest BCUT2D eigenvalue weighted by Gasteiger charge is -2.38. The van der Waals surface area contributed by atoms with Crippen LogP contribution < -0.4 is 0 Å². The van der Waals surface area contributed by atoms with Crippen LogP contribution in [0.1, 0.15) is 57.8 Å². The Hall–Kier alpha value is 0.310. The average Bonchev–Trinajstić information content (AvgIpc) is 2.74. The molecule has 0 spiro atoms. The first-order valence-electron chi connectivity index (χ1n) is 6.82. The standard InChI is InChI=1S/C13H23NS/c1-2-6-11(7-3-1)14-10-15-13-9-5-4-8-12(13)14/h11-13H,1-10H2. The smallest absolute Gasteiger partial charge is 0.0453 e. The van der Waals surface area contributed by atoms with Gasteiger partial charge >= 0.3 is 0 Å². The summed E-state index contributed by atoms with van der Waals surface area (Å²) in [4.78, 5) is 2.88. The first kappa shape index (κ1) is 10.5. The van der Waals surface area contributed by atoms with Crippen molar-refractivity contribution in [1.29, 1.82) is 0 Å². The molecule has 2 heteroatoms. The first-order chi connectivity index (χ1) is 7.45. The van der Waals surface area contributed by atoms with E-state index in [-0.39, 0.29) is 0 Å². The van der Waals surface area contributed by atoms with Gasteiger partial charge in [-0.3, -0.25) is 4.90 Å². The second kappa shape index (κ2) is 4.67. The van der Waals surface area contributed by atoms with E-state index in [0.29, 0.717) is 0 Å². The molecule has 0 aromatic heterocycles. The summed E-state index contributed by atoms with van der Waals surface area (Å²) in [6.07, 6.45) is 13.4. The Balaban J connectivity index is 1.65. The van der Waals surface area contributed by atoms with Crippen LogP contribution in [-0.4, -0.2) is 28.1 Å². The summed E-state index contributed by atoms with van der Waals surface area (Å²) in [6.45, 7) is 0. The Morgan fingerprint density at radius 1 is 0.800 bits per heavy atom. The molecule has 86 valence electrons. The average molecular weight is 225 g/mol. The van der Waals surface area contributed by atoms with E-state index < -0.39 is 0 Å². The molecule has 2 aliphatic carbocycles. The predicted octanol–water partition coefficient (Wildman–Crippen LogP) is 3.64. The minimum atomic E-state index is 0.958. The summed E-state index contributed by atoms with van der Waals surface area (Å²) >= 11 is 2.25.